The van der Waals surface area contributed by atoms with E-state index >= 15 is 0 Å². The van der Waals surface area contributed by atoms with Crippen LogP contribution in [-0.4, -0.2) is 48.5 Å². The zero-order valence-corrected chi connectivity index (χ0v) is 14.2. The van der Waals surface area contributed by atoms with E-state index in [2.05, 4.69) is 4.98 Å². The Bertz CT molecular complexity index is 743. The van der Waals surface area contributed by atoms with Gasteiger partial charge in [0.05, 0.1) is 0 Å². The van der Waals surface area contributed by atoms with Gasteiger partial charge in [0.1, 0.15) is 6.61 Å². The van der Waals surface area contributed by atoms with Crippen LogP contribution in [-0.2, 0) is 0 Å². The normalized spacial score (nSPS) is 19.8. The number of likely N-dealkylation sites (tertiary alicyclic amines) is 1. The molecule has 0 spiro atoms. The molecule has 1 amide bonds. The van der Waals surface area contributed by atoms with Crippen LogP contribution in [0.4, 0.5) is 8.78 Å². The Balaban J connectivity index is 1.79. The van der Waals surface area contributed by atoms with Gasteiger partial charge in [-0.15, -0.1) is 0 Å². The van der Waals surface area contributed by atoms with E-state index in [0.717, 1.165) is 5.56 Å². The van der Waals surface area contributed by atoms with Gasteiger partial charge in [-0.05, 0) is 30.2 Å². The van der Waals surface area contributed by atoms with Crippen molar-refractivity contribution >= 4 is 5.91 Å². The van der Waals surface area contributed by atoms with Gasteiger partial charge in [-0.3, -0.25) is 4.79 Å². The molecular formula is C19H21F2N3O2. The number of nitrogens with two attached hydrogens (primary N) is 1. The van der Waals surface area contributed by atoms with E-state index in [9.17, 15) is 13.6 Å². The SMILES string of the molecule is NC[C@@H]1CN(C(=O)c2ncccc2OCC(F)F)C[C@H]1c1ccccc1. The number of halogens is 2. The second-order valence-electron chi connectivity index (χ2n) is 6.28. The van der Waals surface area contributed by atoms with Crippen molar-refractivity contribution in [3.8, 4) is 5.75 Å². The second kappa shape index (κ2) is 8.23. The summed E-state index contributed by atoms with van der Waals surface area (Å²) in [6.45, 7) is 0.694. The first-order valence-corrected chi connectivity index (χ1v) is 8.50. The molecular weight excluding hydrogens is 340 g/mol. The predicted molar refractivity (Wildman–Crippen MR) is 93.4 cm³/mol. The van der Waals surface area contributed by atoms with Crippen LogP contribution in [0.25, 0.3) is 0 Å². The molecule has 2 atom stereocenters. The highest BCUT2D eigenvalue weighted by atomic mass is 19.3. The van der Waals surface area contributed by atoms with Gasteiger partial charge in [0, 0.05) is 25.2 Å². The number of rotatable bonds is 6. The molecule has 5 nitrogen and oxygen atoms in total. The largest absolute Gasteiger partial charge is 0.485 e. The number of pyridine rings is 1. The third-order valence-electron chi connectivity index (χ3n) is 4.60. The minimum atomic E-state index is -2.62. The number of hydrogen-bond donors (Lipinski definition) is 1. The van der Waals surface area contributed by atoms with Gasteiger partial charge in [-0.25, -0.2) is 13.8 Å². The highest BCUT2D eigenvalue weighted by molar-refractivity contribution is 5.95. The minimum absolute atomic E-state index is 0.0534. The van der Waals surface area contributed by atoms with Crippen molar-refractivity contribution < 1.29 is 18.3 Å². The number of ether oxygens (including phenoxy) is 1. The fourth-order valence-electron chi connectivity index (χ4n) is 3.32. The van der Waals surface area contributed by atoms with Crippen molar-refractivity contribution in [3.05, 3.63) is 59.9 Å². The summed E-state index contributed by atoms with van der Waals surface area (Å²) in [5.41, 5.74) is 7.10. The molecule has 138 valence electrons. The summed E-state index contributed by atoms with van der Waals surface area (Å²) in [5, 5.41) is 0. The van der Waals surface area contributed by atoms with Crippen LogP contribution in [0.2, 0.25) is 0 Å². The van der Waals surface area contributed by atoms with Gasteiger partial charge in [-0.2, -0.15) is 0 Å². The molecule has 0 saturated carbocycles. The summed E-state index contributed by atoms with van der Waals surface area (Å²) in [6.07, 6.45) is -1.16. The van der Waals surface area contributed by atoms with Crippen LogP contribution in [0.15, 0.2) is 48.7 Å². The number of hydrogen-bond acceptors (Lipinski definition) is 4. The van der Waals surface area contributed by atoms with Crippen LogP contribution in [0.3, 0.4) is 0 Å². The van der Waals surface area contributed by atoms with Gasteiger partial charge in [0.25, 0.3) is 12.3 Å². The minimum Gasteiger partial charge on any atom is -0.485 e. The van der Waals surface area contributed by atoms with E-state index in [0.29, 0.717) is 19.6 Å². The monoisotopic (exact) mass is 361 g/mol. The van der Waals surface area contributed by atoms with E-state index in [-0.39, 0.29) is 29.2 Å². The Morgan fingerprint density at radius 3 is 2.69 bits per heavy atom. The van der Waals surface area contributed by atoms with Crippen molar-refractivity contribution in [2.45, 2.75) is 12.3 Å². The molecule has 1 saturated heterocycles. The highest BCUT2D eigenvalue weighted by Gasteiger charge is 2.36. The second-order valence-corrected chi connectivity index (χ2v) is 6.28. The molecule has 2 N–H and O–H groups in total. The Hall–Kier alpha value is -2.54. The maximum absolute atomic E-state index is 12.9. The van der Waals surface area contributed by atoms with Gasteiger partial charge >= 0.3 is 0 Å². The lowest BCUT2D eigenvalue weighted by atomic mass is 9.89. The van der Waals surface area contributed by atoms with E-state index in [1.807, 2.05) is 30.3 Å². The standard InChI is InChI=1S/C19H21F2N3O2/c20-17(21)12-26-16-7-4-8-23-18(16)19(25)24-10-14(9-22)15(11-24)13-5-2-1-3-6-13/h1-8,14-15,17H,9-12,22H2/t14-,15+/m1/s1. The molecule has 2 aromatic rings. The zero-order chi connectivity index (χ0) is 18.5. The van der Waals surface area contributed by atoms with Crippen LogP contribution >= 0.6 is 0 Å². The molecule has 2 heterocycles. The highest BCUT2D eigenvalue weighted by Crippen LogP contribution is 2.33. The van der Waals surface area contributed by atoms with Crippen LogP contribution in [0.1, 0.15) is 22.0 Å². The fraction of sp³-hybridized carbons (Fsp3) is 0.368. The van der Waals surface area contributed by atoms with Crippen molar-refractivity contribution in [2.75, 3.05) is 26.2 Å². The smallest absolute Gasteiger partial charge is 0.276 e. The number of carbonyl (C=O) groups excluding carboxylic acids is 1. The summed E-state index contributed by atoms with van der Waals surface area (Å²) in [6, 6.07) is 13.0. The quantitative estimate of drug-likeness (QED) is 0.859. The first kappa shape index (κ1) is 18.3. The molecule has 0 radical (unpaired) electrons. The Kier molecular flexibility index (Phi) is 5.78. The van der Waals surface area contributed by atoms with Crippen molar-refractivity contribution in [1.29, 1.82) is 0 Å². The molecule has 1 aliphatic heterocycles. The molecule has 3 rings (SSSR count). The van der Waals surface area contributed by atoms with Gasteiger partial charge in [0.2, 0.25) is 0 Å². The first-order chi connectivity index (χ1) is 12.6. The number of nitrogens with zero attached hydrogens (tertiary/aromatic N) is 2. The maximum atomic E-state index is 12.9. The molecule has 7 heteroatoms. The first-order valence-electron chi connectivity index (χ1n) is 8.50. The van der Waals surface area contributed by atoms with Crippen molar-refractivity contribution in [1.82, 2.24) is 9.88 Å². The molecule has 26 heavy (non-hydrogen) atoms. The Labute approximate surface area is 150 Å². The summed E-state index contributed by atoms with van der Waals surface area (Å²) in [5.74, 6) is 0.0202. The Morgan fingerprint density at radius 1 is 1.23 bits per heavy atom. The lowest BCUT2D eigenvalue weighted by Crippen LogP contribution is -2.31. The van der Waals surface area contributed by atoms with E-state index in [4.69, 9.17) is 10.5 Å². The van der Waals surface area contributed by atoms with Crippen molar-refractivity contribution in [3.63, 3.8) is 0 Å². The average Bonchev–Trinajstić information content (AvgIpc) is 3.11. The number of amides is 1. The van der Waals surface area contributed by atoms with E-state index < -0.39 is 13.0 Å². The van der Waals surface area contributed by atoms with Crippen LogP contribution < -0.4 is 10.5 Å². The lowest BCUT2D eigenvalue weighted by molar-refractivity contribution is 0.0726. The lowest BCUT2D eigenvalue weighted by Gasteiger charge is -2.18. The van der Waals surface area contributed by atoms with E-state index in [1.54, 1.807) is 11.0 Å². The molecule has 1 aromatic heterocycles. The predicted octanol–water partition coefficient (Wildman–Crippen LogP) is 2.54. The number of alkyl halides is 2. The van der Waals surface area contributed by atoms with Crippen molar-refractivity contribution in [2.24, 2.45) is 11.7 Å². The summed E-state index contributed by atoms with van der Waals surface area (Å²) in [4.78, 5) is 18.6. The van der Waals surface area contributed by atoms with Crippen LogP contribution in [0, 0.1) is 5.92 Å². The molecule has 1 aromatic carbocycles. The molecule has 0 unspecified atom stereocenters. The molecule has 0 bridgehead atoms. The summed E-state index contributed by atoms with van der Waals surface area (Å²) in [7, 11) is 0. The third-order valence-corrected chi connectivity index (χ3v) is 4.60. The molecule has 1 fully saturated rings. The van der Waals surface area contributed by atoms with Gasteiger partial charge < -0.3 is 15.4 Å². The van der Waals surface area contributed by atoms with Gasteiger partial charge in [0.15, 0.2) is 11.4 Å². The zero-order valence-electron chi connectivity index (χ0n) is 14.2. The Morgan fingerprint density at radius 2 is 2.00 bits per heavy atom. The number of aromatic nitrogens is 1. The third kappa shape index (κ3) is 3.99. The summed E-state index contributed by atoms with van der Waals surface area (Å²) < 4.78 is 29.9. The maximum Gasteiger partial charge on any atom is 0.276 e. The average molecular weight is 361 g/mol. The topological polar surface area (TPSA) is 68.5 Å². The molecule has 0 aliphatic carbocycles. The van der Waals surface area contributed by atoms with Gasteiger partial charge in [-0.1, -0.05) is 30.3 Å². The fourth-order valence-corrected chi connectivity index (χ4v) is 3.32. The van der Waals surface area contributed by atoms with Crippen LogP contribution in [0.5, 0.6) is 5.75 Å². The summed E-state index contributed by atoms with van der Waals surface area (Å²) >= 11 is 0. The number of carbonyl (C=O) groups is 1. The number of benzene rings is 1. The van der Waals surface area contributed by atoms with E-state index in [1.165, 1.54) is 12.3 Å². The molecule has 1 aliphatic rings.